The number of pyridine rings is 1. The van der Waals surface area contributed by atoms with Crippen LogP contribution in [0.15, 0.2) is 23.3 Å². The highest BCUT2D eigenvalue weighted by atomic mass is 127. The van der Waals surface area contributed by atoms with Gasteiger partial charge in [-0.15, -0.1) is 0 Å². The van der Waals surface area contributed by atoms with E-state index in [0.29, 0.717) is 18.8 Å². The minimum Gasteiger partial charge on any atom is -0.377 e. The first-order chi connectivity index (χ1) is 11.1. The van der Waals surface area contributed by atoms with Crippen LogP contribution < -0.4 is 10.9 Å². The van der Waals surface area contributed by atoms with E-state index in [0.717, 1.165) is 16.7 Å². The number of hydrogen-bond acceptors (Lipinski definition) is 4. The third-order valence-electron chi connectivity index (χ3n) is 3.99. The summed E-state index contributed by atoms with van der Waals surface area (Å²) < 4.78 is 46.6. The van der Waals surface area contributed by atoms with Crippen molar-refractivity contribution in [1.29, 1.82) is 0 Å². The molecule has 130 valence electrons. The Kier molecular flexibility index (Phi) is 4.37. The van der Waals surface area contributed by atoms with E-state index in [4.69, 9.17) is 4.74 Å². The maximum atomic E-state index is 13.4. The predicted molar refractivity (Wildman–Crippen MR) is 90.0 cm³/mol. The first-order valence-corrected chi connectivity index (χ1v) is 8.32. The molecule has 0 aliphatic carbocycles. The molecule has 2 aromatic heterocycles. The minimum absolute atomic E-state index is 0.260. The number of nitrogens with zero attached hydrogens (tertiary/aromatic N) is 2. The van der Waals surface area contributed by atoms with Gasteiger partial charge in [0.15, 0.2) is 5.65 Å². The standard InChI is InChI=1S/C15H15F3IN3O2/c1-8(21-14(2)6-24-7-14)9-3-10(15(16,17)18)12-20-4-11(19)13(23)22(12)5-9/h3-5,8,21H,6-7H2,1-2H3. The molecule has 1 aliphatic rings. The van der Waals surface area contributed by atoms with Crippen LogP contribution in [-0.4, -0.2) is 28.1 Å². The van der Waals surface area contributed by atoms with Crippen LogP contribution in [0, 0.1) is 3.57 Å². The van der Waals surface area contributed by atoms with E-state index < -0.39 is 17.3 Å². The van der Waals surface area contributed by atoms with Gasteiger partial charge in [-0.3, -0.25) is 9.20 Å². The van der Waals surface area contributed by atoms with Gasteiger partial charge in [0.2, 0.25) is 0 Å². The summed E-state index contributed by atoms with van der Waals surface area (Å²) in [5.74, 6) is 0. The summed E-state index contributed by atoms with van der Waals surface area (Å²) in [5, 5.41) is 3.26. The van der Waals surface area contributed by atoms with E-state index in [1.54, 1.807) is 29.5 Å². The Morgan fingerprint density at radius 2 is 2.12 bits per heavy atom. The fraction of sp³-hybridized carbons (Fsp3) is 0.467. The minimum atomic E-state index is -4.60. The van der Waals surface area contributed by atoms with E-state index in [1.165, 1.54) is 6.20 Å². The van der Waals surface area contributed by atoms with Crippen LogP contribution in [0.5, 0.6) is 0 Å². The van der Waals surface area contributed by atoms with Crippen LogP contribution in [0.3, 0.4) is 0 Å². The molecule has 0 radical (unpaired) electrons. The summed E-state index contributed by atoms with van der Waals surface area (Å²) in [7, 11) is 0. The Labute approximate surface area is 149 Å². The quantitative estimate of drug-likeness (QED) is 0.727. The molecule has 0 saturated carbocycles. The molecule has 1 N–H and O–H groups in total. The van der Waals surface area contributed by atoms with Crippen LogP contribution in [0.1, 0.15) is 31.0 Å². The average Bonchev–Trinajstić information content (AvgIpc) is 2.47. The van der Waals surface area contributed by atoms with E-state index >= 15 is 0 Å². The van der Waals surface area contributed by atoms with Crippen molar-refractivity contribution in [2.45, 2.75) is 31.6 Å². The number of fused-ring (bicyclic) bond motifs is 1. The molecule has 0 spiro atoms. The molecule has 0 bridgehead atoms. The van der Waals surface area contributed by atoms with E-state index in [-0.39, 0.29) is 20.8 Å². The van der Waals surface area contributed by atoms with Gasteiger partial charge in [0.1, 0.15) is 0 Å². The molecule has 5 nitrogen and oxygen atoms in total. The van der Waals surface area contributed by atoms with Crippen molar-refractivity contribution in [2.75, 3.05) is 13.2 Å². The highest BCUT2D eigenvalue weighted by Gasteiger charge is 2.37. The Balaban J connectivity index is 2.15. The van der Waals surface area contributed by atoms with Crippen molar-refractivity contribution in [3.8, 4) is 0 Å². The lowest BCUT2D eigenvalue weighted by Gasteiger charge is -2.41. The summed E-state index contributed by atoms with van der Waals surface area (Å²) in [6.07, 6.45) is -2.03. The van der Waals surface area contributed by atoms with Gasteiger partial charge in [-0.1, -0.05) is 0 Å². The van der Waals surface area contributed by atoms with Gasteiger partial charge in [0.05, 0.1) is 27.9 Å². The lowest BCUT2D eigenvalue weighted by atomic mass is 9.97. The molecule has 1 atom stereocenters. The van der Waals surface area contributed by atoms with E-state index in [1.807, 2.05) is 6.92 Å². The summed E-state index contributed by atoms with van der Waals surface area (Å²) in [4.78, 5) is 16.0. The molecular weight excluding hydrogens is 438 g/mol. The smallest absolute Gasteiger partial charge is 0.377 e. The summed E-state index contributed by atoms with van der Waals surface area (Å²) >= 11 is 1.76. The van der Waals surface area contributed by atoms with Gasteiger partial charge >= 0.3 is 6.18 Å². The molecule has 2 aromatic rings. The van der Waals surface area contributed by atoms with E-state index in [2.05, 4.69) is 10.3 Å². The average molecular weight is 453 g/mol. The fourth-order valence-electron chi connectivity index (χ4n) is 2.73. The Hall–Kier alpha value is -1.20. The summed E-state index contributed by atoms with van der Waals surface area (Å²) in [5.41, 5.74) is -1.73. The Bertz CT molecular complexity index is 846. The second kappa shape index (κ2) is 5.95. The monoisotopic (exact) mass is 453 g/mol. The summed E-state index contributed by atoms with van der Waals surface area (Å²) in [6, 6.07) is 0.670. The van der Waals surface area contributed by atoms with Crippen LogP contribution in [-0.2, 0) is 10.9 Å². The first kappa shape index (κ1) is 17.6. The van der Waals surface area contributed by atoms with Gasteiger partial charge in [-0.05, 0) is 48.1 Å². The zero-order valence-electron chi connectivity index (χ0n) is 12.9. The molecule has 1 aliphatic heterocycles. The second-order valence-corrected chi connectivity index (χ2v) is 7.37. The van der Waals surface area contributed by atoms with Gasteiger partial charge in [-0.2, -0.15) is 13.2 Å². The third-order valence-corrected chi connectivity index (χ3v) is 4.73. The maximum Gasteiger partial charge on any atom is 0.419 e. The number of aromatic nitrogens is 2. The molecule has 3 heterocycles. The third kappa shape index (κ3) is 3.16. The lowest BCUT2D eigenvalue weighted by Crippen LogP contribution is -2.58. The zero-order chi connectivity index (χ0) is 17.7. The number of hydrogen-bond donors (Lipinski definition) is 1. The van der Waals surface area contributed by atoms with Crippen molar-refractivity contribution >= 4 is 28.2 Å². The van der Waals surface area contributed by atoms with Gasteiger partial charge in [-0.25, -0.2) is 4.98 Å². The second-order valence-electron chi connectivity index (χ2n) is 6.21. The van der Waals surface area contributed by atoms with Crippen molar-refractivity contribution < 1.29 is 17.9 Å². The van der Waals surface area contributed by atoms with Crippen LogP contribution in [0.4, 0.5) is 13.2 Å². The number of rotatable bonds is 3. The molecule has 1 unspecified atom stereocenters. The van der Waals surface area contributed by atoms with Crippen LogP contribution in [0.25, 0.3) is 5.65 Å². The maximum absolute atomic E-state index is 13.4. The molecule has 9 heteroatoms. The molecule has 0 aromatic carbocycles. The molecule has 1 saturated heterocycles. The Morgan fingerprint density at radius 3 is 2.67 bits per heavy atom. The predicted octanol–water partition coefficient (Wildman–Crippen LogP) is 2.76. The molecule has 0 amide bonds. The molecule has 3 rings (SSSR count). The molecule has 1 fully saturated rings. The van der Waals surface area contributed by atoms with Gasteiger partial charge in [0, 0.05) is 18.4 Å². The Morgan fingerprint density at radius 1 is 1.46 bits per heavy atom. The normalized spacial score (nSPS) is 18.4. The van der Waals surface area contributed by atoms with E-state index in [9.17, 15) is 18.0 Å². The highest BCUT2D eigenvalue weighted by Crippen LogP contribution is 2.33. The van der Waals surface area contributed by atoms with Crippen molar-refractivity contribution in [1.82, 2.24) is 14.7 Å². The number of halogens is 4. The van der Waals surface area contributed by atoms with Crippen LogP contribution >= 0.6 is 22.6 Å². The summed E-state index contributed by atoms with van der Waals surface area (Å²) in [6.45, 7) is 4.69. The van der Waals surface area contributed by atoms with Crippen molar-refractivity contribution in [3.63, 3.8) is 0 Å². The van der Waals surface area contributed by atoms with Crippen LogP contribution in [0.2, 0.25) is 0 Å². The zero-order valence-corrected chi connectivity index (χ0v) is 15.1. The van der Waals surface area contributed by atoms with Crippen molar-refractivity contribution in [3.05, 3.63) is 43.5 Å². The lowest BCUT2D eigenvalue weighted by molar-refractivity contribution is -0.136. The largest absolute Gasteiger partial charge is 0.419 e. The number of ether oxygens (including phenoxy) is 1. The highest BCUT2D eigenvalue weighted by molar-refractivity contribution is 14.1. The SMILES string of the molecule is CC(NC1(C)COC1)c1cc(C(F)(F)F)c2ncc(I)c(=O)n2c1. The fourth-order valence-corrected chi connectivity index (χ4v) is 3.13. The molecule has 24 heavy (non-hydrogen) atoms. The van der Waals surface area contributed by atoms with Crippen molar-refractivity contribution in [2.24, 2.45) is 0 Å². The molecular formula is C15H15F3IN3O2. The number of nitrogens with one attached hydrogen (secondary N) is 1. The first-order valence-electron chi connectivity index (χ1n) is 7.24. The van der Waals surface area contributed by atoms with Gasteiger partial charge < -0.3 is 10.1 Å². The topological polar surface area (TPSA) is 55.6 Å². The number of alkyl halides is 3. The van der Waals surface area contributed by atoms with Gasteiger partial charge in [0.25, 0.3) is 5.56 Å².